The second-order valence-electron chi connectivity index (χ2n) is 4.54. The zero-order valence-electron chi connectivity index (χ0n) is 11.7. The summed E-state index contributed by atoms with van der Waals surface area (Å²) in [7, 11) is 1.59. The topological polar surface area (TPSA) is 76.2 Å². The maximum absolute atomic E-state index is 9.28. The number of ether oxygens (including phenoxy) is 2. The SMILES string of the molecule is COc1ccccc1-n1nc(C#N)c(N2CCOCC2)n1. The van der Waals surface area contributed by atoms with Crippen LogP contribution in [-0.4, -0.2) is 48.4 Å². The van der Waals surface area contributed by atoms with Crippen molar-refractivity contribution in [2.75, 3.05) is 38.3 Å². The van der Waals surface area contributed by atoms with Crippen LogP contribution in [0.5, 0.6) is 5.75 Å². The molecule has 1 aromatic heterocycles. The third-order valence-electron chi connectivity index (χ3n) is 3.31. The van der Waals surface area contributed by atoms with Gasteiger partial charge in [0.15, 0.2) is 5.82 Å². The molecule has 0 atom stereocenters. The van der Waals surface area contributed by atoms with Crippen molar-refractivity contribution in [3.63, 3.8) is 0 Å². The van der Waals surface area contributed by atoms with Gasteiger partial charge in [-0.15, -0.1) is 15.0 Å². The Hall–Kier alpha value is -2.59. The Morgan fingerprint density at radius 2 is 2.00 bits per heavy atom. The molecule has 0 spiro atoms. The van der Waals surface area contributed by atoms with Gasteiger partial charge in [-0.25, -0.2) is 0 Å². The summed E-state index contributed by atoms with van der Waals surface area (Å²) >= 11 is 0. The van der Waals surface area contributed by atoms with Crippen LogP contribution in [0.4, 0.5) is 5.82 Å². The van der Waals surface area contributed by atoms with Gasteiger partial charge in [0, 0.05) is 13.1 Å². The summed E-state index contributed by atoms with van der Waals surface area (Å²) in [6.07, 6.45) is 0. The molecular formula is C14H15N5O2. The second kappa shape index (κ2) is 5.81. The highest BCUT2D eigenvalue weighted by atomic mass is 16.5. The van der Waals surface area contributed by atoms with Crippen molar-refractivity contribution in [2.24, 2.45) is 0 Å². The van der Waals surface area contributed by atoms with Gasteiger partial charge >= 0.3 is 0 Å². The van der Waals surface area contributed by atoms with Crippen LogP contribution in [0, 0.1) is 11.3 Å². The molecule has 2 aromatic rings. The molecule has 7 nitrogen and oxygen atoms in total. The van der Waals surface area contributed by atoms with Gasteiger partial charge < -0.3 is 14.4 Å². The predicted octanol–water partition coefficient (Wildman–Crippen LogP) is 0.984. The molecule has 1 saturated heterocycles. The van der Waals surface area contributed by atoms with Crippen LogP contribution in [0.25, 0.3) is 5.69 Å². The molecule has 1 aromatic carbocycles. The lowest BCUT2D eigenvalue weighted by Gasteiger charge is -2.26. The average molecular weight is 285 g/mol. The van der Waals surface area contributed by atoms with Crippen LogP contribution >= 0.6 is 0 Å². The Morgan fingerprint density at radius 3 is 2.71 bits per heavy atom. The molecule has 0 bridgehead atoms. The highest BCUT2D eigenvalue weighted by Crippen LogP contribution is 2.24. The first-order valence-corrected chi connectivity index (χ1v) is 6.67. The fraction of sp³-hybridized carbons (Fsp3) is 0.357. The molecule has 2 heterocycles. The van der Waals surface area contributed by atoms with Crippen molar-refractivity contribution in [1.82, 2.24) is 15.0 Å². The van der Waals surface area contributed by atoms with E-state index < -0.39 is 0 Å². The van der Waals surface area contributed by atoms with E-state index in [0.717, 1.165) is 0 Å². The smallest absolute Gasteiger partial charge is 0.207 e. The van der Waals surface area contributed by atoms with E-state index in [1.165, 1.54) is 4.80 Å². The van der Waals surface area contributed by atoms with Crippen LogP contribution in [0.1, 0.15) is 5.69 Å². The summed E-state index contributed by atoms with van der Waals surface area (Å²) in [5, 5.41) is 18.0. The van der Waals surface area contributed by atoms with Crippen molar-refractivity contribution in [3.8, 4) is 17.5 Å². The molecule has 0 aliphatic carbocycles. The van der Waals surface area contributed by atoms with E-state index >= 15 is 0 Å². The number of nitrogens with zero attached hydrogens (tertiary/aromatic N) is 5. The lowest BCUT2D eigenvalue weighted by Crippen LogP contribution is -2.37. The number of methoxy groups -OCH3 is 1. The molecule has 108 valence electrons. The summed E-state index contributed by atoms with van der Waals surface area (Å²) in [5.74, 6) is 1.25. The van der Waals surface area contributed by atoms with E-state index in [9.17, 15) is 5.26 Å². The largest absolute Gasteiger partial charge is 0.494 e. The average Bonchev–Trinajstić information content (AvgIpc) is 2.99. The number of para-hydroxylation sites is 2. The van der Waals surface area contributed by atoms with Gasteiger partial charge in [-0.2, -0.15) is 5.26 Å². The number of hydrogen-bond donors (Lipinski definition) is 0. The number of rotatable bonds is 3. The van der Waals surface area contributed by atoms with Crippen molar-refractivity contribution >= 4 is 5.82 Å². The fourth-order valence-electron chi connectivity index (χ4n) is 2.26. The van der Waals surface area contributed by atoms with Gasteiger partial charge in [0.05, 0.1) is 20.3 Å². The lowest BCUT2D eigenvalue weighted by atomic mass is 10.3. The van der Waals surface area contributed by atoms with Crippen molar-refractivity contribution in [1.29, 1.82) is 5.26 Å². The van der Waals surface area contributed by atoms with Gasteiger partial charge in [-0.3, -0.25) is 0 Å². The number of anilines is 1. The van der Waals surface area contributed by atoms with Crippen molar-refractivity contribution in [3.05, 3.63) is 30.0 Å². The molecule has 0 saturated carbocycles. The number of hydrogen-bond acceptors (Lipinski definition) is 6. The maximum Gasteiger partial charge on any atom is 0.207 e. The van der Waals surface area contributed by atoms with E-state index in [0.29, 0.717) is 49.3 Å². The Bertz CT molecular complexity index is 670. The highest BCUT2D eigenvalue weighted by molar-refractivity contribution is 5.52. The second-order valence-corrected chi connectivity index (χ2v) is 4.54. The van der Waals surface area contributed by atoms with E-state index in [4.69, 9.17) is 9.47 Å². The lowest BCUT2D eigenvalue weighted by molar-refractivity contribution is 0.122. The summed E-state index contributed by atoms with van der Waals surface area (Å²) in [6.45, 7) is 2.68. The van der Waals surface area contributed by atoms with Crippen LogP contribution < -0.4 is 9.64 Å². The van der Waals surface area contributed by atoms with E-state index in [1.807, 2.05) is 29.2 Å². The number of nitriles is 1. The highest BCUT2D eigenvalue weighted by Gasteiger charge is 2.21. The molecule has 0 amide bonds. The van der Waals surface area contributed by atoms with Crippen molar-refractivity contribution in [2.45, 2.75) is 0 Å². The molecule has 7 heteroatoms. The van der Waals surface area contributed by atoms with Crippen LogP contribution in [0.15, 0.2) is 24.3 Å². The molecule has 0 radical (unpaired) electrons. The number of benzene rings is 1. The maximum atomic E-state index is 9.28. The predicted molar refractivity (Wildman–Crippen MR) is 75.7 cm³/mol. The fourth-order valence-corrected chi connectivity index (χ4v) is 2.26. The zero-order chi connectivity index (χ0) is 14.7. The molecule has 1 aliphatic heterocycles. The minimum Gasteiger partial charge on any atom is -0.494 e. The molecular weight excluding hydrogens is 270 g/mol. The van der Waals surface area contributed by atoms with Gasteiger partial charge in [-0.05, 0) is 12.1 Å². The van der Waals surface area contributed by atoms with Crippen molar-refractivity contribution < 1.29 is 9.47 Å². The quantitative estimate of drug-likeness (QED) is 0.837. The summed E-state index contributed by atoms with van der Waals surface area (Å²) in [5.41, 5.74) is 1.01. The summed E-state index contributed by atoms with van der Waals surface area (Å²) in [4.78, 5) is 3.46. The first-order valence-electron chi connectivity index (χ1n) is 6.67. The van der Waals surface area contributed by atoms with Crippen LogP contribution in [0.2, 0.25) is 0 Å². The van der Waals surface area contributed by atoms with Crippen LogP contribution in [-0.2, 0) is 4.74 Å². The van der Waals surface area contributed by atoms with Gasteiger partial charge in [0.2, 0.25) is 5.69 Å². The van der Waals surface area contributed by atoms with Crippen LogP contribution in [0.3, 0.4) is 0 Å². The Morgan fingerprint density at radius 1 is 1.24 bits per heavy atom. The minimum atomic E-state index is 0.308. The standard InChI is InChI=1S/C14H15N5O2/c1-20-13-5-3-2-4-12(13)19-16-11(10-15)14(17-19)18-6-8-21-9-7-18/h2-5H,6-9H2,1H3. The zero-order valence-corrected chi connectivity index (χ0v) is 11.7. The molecule has 3 rings (SSSR count). The Balaban J connectivity index is 2.01. The molecule has 1 aliphatic rings. The van der Waals surface area contributed by atoms with Gasteiger partial charge in [0.25, 0.3) is 0 Å². The number of aromatic nitrogens is 3. The van der Waals surface area contributed by atoms with E-state index in [1.54, 1.807) is 7.11 Å². The normalized spacial score (nSPS) is 14.8. The molecule has 1 fully saturated rings. The van der Waals surface area contributed by atoms with Gasteiger partial charge in [0.1, 0.15) is 17.5 Å². The third kappa shape index (κ3) is 2.53. The summed E-state index contributed by atoms with van der Waals surface area (Å²) < 4.78 is 10.6. The Labute approximate surface area is 122 Å². The monoisotopic (exact) mass is 285 g/mol. The van der Waals surface area contributed by atoms with E-state index in [-0.39, 0.29) is 0 Å². The molecule has 0 N–H and O–H groups in total. The third-order valence-corrected chi connectivity index (χ3v) is 3.31. The first kappa shape index (κ1) is 13.4. The number of morpholine rings is 1. The summed E-state index contributed by atoms with van der Waals surface area (Å²) in [6, 6.07) is 9.54. The van der Waals surface area contributed by atoms with E-state index in [2.05, 4.69) is 16.3 Å². The Kier molecular flexibility index (Phi) is 3.71. The first-order chi connectivity index (χ1) is 10.3. The molecule has 21 heavy (non-hydrogen) atoms. The minimum absolute atomic E-state index is 0.308. The molecule has 0 unspecified atom stereocenters. The van der Waals surface area contributed by atoms with Gasteiger partial charge in [-0.1, -0.05) is 12.1 Å².